The monoisotopic (exact) mass is 257 g/mol. The number of aromatic nitrogens is 2. The van der Waals surface area contributed by atoms with Crippen molar-refractivity contribution in [3.63, 3.8) is 0 Å². The summed E-state index contributed by atoms with van der Waals surface area (Å²) in [6.45, 7) is 2.08. The maximum absolute atomic E-state index is 6.32. The van der Waals surface area contributed by atoms with Crippen molar-refractivity contribution in [3.05, 3.63) is 47.1 Å². The Balaban J connectivity index is 1.76. The predicted molar refractivity (Wildman–Crippen MR) is 72.6 cm³/mol. The van der Waals surface area contributed by atoms with Gasteiger partial charge in [-0.2, -0.15) is 4.98 Å². The molecule has 1 heterocycles. The third-order valence-electron chi connectivity index (χ3n) is 3.89. The van der Waals surface area contributed by atoms with E-state index in [1.165, 1.54) is 11.1 Å². The van der Waals surface area contributed by atoms with Gasteiger partial charge in [-0.1, -0.05) is 47.8 Å². The molecule has 0 unspecified atom stereocenters. The number of nitrogens with zero attached hydrogens (tertiary/aromatic N) is 2. The van der Waals surface area contributed by atoms with Gasteiger partial charge in [-0.25, -0.2) is 0 Å². The third-order valence-corrected chi connectivity index (χ3v) is 3.89. The Morgan fingerprint density at radius 1 is 1.21 bits per heavy atom. The van der Waals surface area contributed by atoms with Crippen molar-refractivity contribution in [2.45, 2.75) is 44.6 Å². The summed E-state index contributed by atoms with van der Waals surface area (Å²) in [6, 6.07) is 8.36. The summed E-state index contributed by atoms with van der Waals surface area (Å²) < 4.78 is 5.34. The Morgan fingerprint density at radius 3 is 2.58 bits per heavy atom. The molecule has 2 N–H and O–H groups in total. The molecule has 4 heteroatoms. The first-order valence-corrected chi connectivity index (χ1v) is 6.83. The molecule has 4 nitrogen and oxygen atoms in total. The number of hydrogen-bond donors (Lipinski definition) is 1. The van der Waals surface area contributed by atoms with E-state index in [2.05, 4.69) is 41.3 Å². The van der Waals surface area contributed by atoms with E-state index in [1.54, 1.807) is 0 Å². The van der Waals surface area contributed by atoms with Crippen molar-refractivity contribution in [3.8, 4) is 0 Å². The third kappa shape index (κ3) is 2.54. The molecule has 2 aromatic rings. The van der Waals surface area contributed by atoms with Crippen LogP contribution in [-0.4, -0.2) is 10.1 Å². The van der Waals surface area contributed by atoms with Crippen LogP contribution in [0.1, 0.15) is 48.5 Å². The molecule has 0 aliphatic heterocycles. The van der Waals surface area contributed by atoms with Gasteiger partial charge in [0.15, 0.2) is 5.82 Å². The lowest BCUT2D eigenvalue weighted by molar-refractivity contribution is 0.352. The van der Waals surface area contributed by atoms with Crippen LogP contribution in [0, 0.1) is 6.92 Å². The second-order valence-electron chi connectivity index (χ2n) is 5.54. The highest BCUT2D eigenvalue weighted by atomic mass is 16.5. The lowest BCUT2D eigenvalue weighted by atomic mass is 9.99. The molecule has 0 spiro atoms. The summed E-state index contributed by atoms with van der Waals surface area (Å²) in [4.78, 5) is 4.48. The minimum Gasteiger partial charge on any atom is -0.339 e. The van der Waals surface area contributed by atoms with Crippen LogP contribution in [-0.2, 0) is 12.0 Å². The Labute approximate surface area is 113 Å². The standard InChI is InChI=1S/C15H19N3O/c1-11-4-6-12(7-5-11)10-13-17-14(18-19-13)15(16)8-2-3-9-15/h4-7H,2-3,8-10,16H2,1H3. The molecule has 0 atom stereocenters. The average Bonchev–Trinajstić information content (AvgIpc) is 3.02. The van der Waals surface area contributed by atoms with Crippen molar-refractivity contribution in [1.82, 2.24) is 10.1 Å². The van der Waals surface area contributed by atoms with E-state index in [0.717, 1.165) is 25.7 Å². The predicted octanol–water partition coefficient (Wildman–Crippen LogP) is 2.70. The van der Waals surface area contributed by atoms with Crippen LogP contribution < -0.4 is 5.73 Å². The highest BCUT2D eigenvalue weighted by Gasteiger charge is 2.35. The van der Waals surface area contributed by atoms with E-state index in [9.17, 15) is 0 Å². The lowest BCUT2D eigenvalue weighted by Gasteiger charge is -2.17. The molecule has 19 heavy (non-hydrogen) atoms. The molecule has 1 aromatic heterocycles. The van der Waals surface area contributed by atoms with E-state index in [-0.39, 0.29) is 5.54 Å². The van der Waals surface area contributed by atoms with Crippen molar-refractivity contribution >= 4 is 0 Å². The highest BCUT2D eigenvalue weighted by Crippen LogP contribution is 2.34. The molecular weight excluding hydrogens is 238 g/mol. The maximum Gasteiger partial charge on any atom is 0.231 e. The first kappa shape index (κ1) is 12.4. The molecule has 1 aliphatic rings. The topological polar surface area (TPSA) is 64.9 Å². The van der Waals surface area contributed by atoms with Gasteiger partial charge in [-0.05, 0) is 25.3 Å². The maximum atomic E-state index is 6.32. The van der Waals surface area contributed by atoms with Gasteiger partial charge >= 0.3 is 0 Å². The Bertz CT molecular complexity index is 553. The molecule has 0 amide bonds. The van der Waals surface area contributed by atoms with Gasteiger partial charge < -0.3 is 10.3 Å². The SMILES string of the molecule is Cc1ccc(Cc2nc(C3(N)CCCC3)no2)cc1. The molecule has 1 aliphatic carbocycles. The summed E-state index contributed by atoms with van der Waals surface area (Å²) in [5.74, 6) is 1.32. The van der Waals surface area contributed by atoms with Gasteiger partial charge in [0.05, 0.1) is 12.0 Å². The van der Waals surface area contributed by atoms with Crippen LogP contribution in [0.4, 0.5) is 0 Å². The Hall–Kier alpha value is -1.68. The van der Waals surface area contributed by atoms with Crippen LogP contribution in [0.25, 0.3) is 0 Å². The van der Waals surface area contributed by atoms with Gasteiger partial charge in [-0.3, -0.25) is 0 Å². The van der Waals surface area contributed by atoms with Crippen LogP contribution in [0.2, 0.25) is 0 Å². The number of hydrogen-bond acceptors (Lipinski definition) is 4. The van der Waals surface area contributed by atoms with Crippen LogP contribution in [0.5, 0.6) is 0 Å². The fourth-order valence-corrected chi connectivity index (χ4v) is 2.64. The van der Waals surface area contributed by atoms with E-state index >= 15 is 0 Å². The van der Waals surface area contributed by atoms with Gasteiger partial charge in [0, 0.05) is 0 Å². The zero-order chi connectivity index (χ0) is 13.3. The van der Waals surface area contributed by atoms with Gasteiger partial charge in [0.1, 0.15) is 0 Å². The van der Waals surface area contributed by atoms with Crippen molar-refractivity contribution in [2.75, 3.05) is 0 Å². The normalized spacial score (nSPS) is 17.8. The molecule has 1 saturated carbocycles. The lowest BCUT2D eigenvalue weighted by Crippen LogP contribution is -2.34. The van der Waals surface area contributed by atoms with E-state index in [4.69, 9.17) is 10.3 Å². The smallest absolute Gasteiger partial charge is 0.231 e. The first-order valence-electron chi connectivity index (χ1n) is 6.83. The molecule has 0 radical (unpaired) electrons. The minimum absolute atomic E-state index is 0.366. The molecular formula is C15H19N3O. The number of nitrogens with two attached hydrogens (primary N) is 1. The second-order valence-corrected chi connectivity index (χ2v) is 5.54. The molecule has 100 valence electrons. The number of benzene rings is 1. The summed E-state index contributed by atoms with van der Waals surface area (Å²) in [5, 5.41) is 4.07. The van der Waals surface area contributed by atoms with Crippen molar-refractivity contribution in [2.24, 2.45) is 5.73 Å². The van der Waals surface area contributed by atoms with Gasteiger partial charge in [0.2, 0.25) is 5.89 Å². The van der Waals surface area contributed by atoms with Crippen LogP contribution >= 0.6 is 0 Å². The molecule has 3 rings (SSSR count). The summed E-state index contributed by atoms with van der Waals surface area (Å²) in [7, 11) is 0. The van der Waals surface area contributed by atoms with Gasteiger partial charge in [-0.15, -0.1) is 0 Å². The van der Waals surface area contributed by atoms with Crippen molar-refractivity contribution in [1.29, 1.82) is 0 Å². The first-order chi connectivity index (χ1) is 9.16. The molecule has 0 bridgehead atoms. The van der Waals surface area contributed by atoms with E-state index in [1.807, 2.05) is 0 Å². The fraction of sp³-hybridized carbons (Fsp3) is 0.467. The largest absolute Gasteiger partial charge is 0.339 e. The van der Waals surface area contributed by atoms with Crippen molar-refractivity contribution < 1.29 is 4.52 Å². The van der Waals surface area contributed by atoms with E-state index in [0.29, 0.717) is 18.1 Å². The molecule has 0 saturated heterocycles. The second kappa shape index (κ2) is 4.78. The molecule has 1 aromatic carbocycles. The quantitative estimate of drug-likeness (QED) is 0.918. The van der Waals surface area contributed by atoms with Crippen LogP contribution in [0.3, 0.4) is 0 Å². The molecule has 1 fully saturated rings. The zero-order valence-electron chi connectivity index (χ0n) is 11.2. The highest BCUT2D eigenvalue weighted by molar-refractivity contribution is 5.23. The van der Waals surface area contributed by atoms with E-state index < -0.39 is 0 Å². The average molecular weight is 257 g/mol. The summed E-state index contributed by atoms with van der Waals surface area (Å²) >= 11 is 0. The minimum atomic E-state index is -0.366. The summed E-state index contributed by atoms with van der Waals surface area (Å²) in [5.41, 5.74) is 8.39. The zero-order valence-corrected chi connectivity index (χ0v) is 11.2. The van der Waals surface area contributed by atoms with Gasteiger partial charge in [0.25, 0.3) is 0 Å². The number of aryl methyl sites for hydroxylation is 1. The fourth-order valence-electron chi connectivity index (χ4n) is 2.64. The van der Waals surface area contributed by atoms with Crippen LogP contribution in [0.15, 0.2) is 28.8 Å². The summed E-state index contributed by atoms with van der Waals surface area (Å²) in [6.07, 6.45) is 4.88. The Morgan fingerprint density at radius 2 is 1.89 bits per heavy atom. The Kier molecular flexibility index (Phi) is 3.11. The number of rotatable bonds is 3.